The zero-order valence-corrected chi connectivity index (χ0v) is 28.7. The molecule has 0 amide bonds. The van der Waals surface area contributed by atoms with Gasteiger partial charge in [-0.05, 0) is 125 Å². The fourth-order valence-electron chi connectivity index (χ4n) is 7.95. The van der Waals surface area contributed by atoms with Gasteiger partial charge in [-0.3, -0.25) is 14.4 Å². The van der Waals surface area contributed by atoms with Crippen molar-refractivity contribution in [3.8, 4) is 5.75 Å². The quantitative estimate of drug-likeness (QED) is 0.197. The molecule has 1 N–H and O–H groups in total. The lowest BCUT2D eigenvalue weighted by Crippen LogP contribution is -2.45. The highest BCUT2D eigenvalue weighted by atomic mass is 19.1. The summed E-state index contributed by atoms with van der Waals surface area (Å²) in [7, 11) is 1.96. The third-order valence-corrected chi connectivity index (χ3v) is 10.3. The van der Waals surface area contributed by atoms with E-state index >= 15 is 0 Å². The number of piperidine rings is 1. The number of carbonyl (C=O) groups is 1. The Morgan fingerprint density at radius 3 is 2.49 bits per heavy atom. The molecule has 0 radical (unpaired) electrons. The van der Waals surface area contributed by atoms with Gasteiger partial charge in [-0.25, -0.2) is 8.78 Å². The van der Waals surface area contributed by atoms with Crippen LogP contribution in [0, 0.1) is 23.5 Å². The number of hydrogen-bond acceptors (Lipinski definition) is 5. The Balaban J connectivity index is 1.25. The number of aromatic nitrogens is 2. The van der Waals surface area contributed by atoms with Crippen LogP contribution in [-0.2, 0) is 17.8 Å². The number of hydrogen-bond donors (Lipinski definition) is 1. The summed E-state index contributed by atoms with van der Waals surface area (Å²) in [5.74, 6) is 0.128. The van der Waals surface area contributed by atoms with Crippen molar-refractivity contribution in [2.24, 2.45) is 11.8 Å². The van der Waals surface area contributed by atoms with E-state index in [1.54, 1.807) is 24.3 Å². The molecule has 3 unspecified atom stereocenters. The summed E-state index contributed by atoms with van der Waals surface area (Å²) in [4.78, 5) is 16.9. The normalized spacial score (nSPS) is 21.5. The largest absolute Gasteiger partial charge is 0.491 e. The second-order valence-corrected chi connectivity index (χ2v) is 14.0. The van der Waals surface area contributed by atoms with Crippen LogP contribution in [0.1, 0.15) is 94.1 Å². The van der Waals surface area contributed by atoms with E-state index in [9.17, 15) is 18.7 Å². The van der Waals surface area contributed by atoms with Gasteiger partial charge in [0.15, 0.2) is 11.6 Å². The minimum atomic E-state index is -0.768. The second-order valence-electron chi connectivity index (χ2n) is 14.0. The molecule has 1 aliphatic carbocycles. The van der Waals surface area contributed by atoms with Crippen LogP contribution in [-0.4, -0.2) is 76.0 Å². The average Bonchev–Trinajstić information content (AvgIpc) is 3.65. The number of halogens is 2. The predicted molar refractivity (Wildman–Crippen MR) is 181 cm³/mol. The third kappa shape index (κ3) is 8.60. The van der Waals surface area contributed by atoms with Gasteiger partial charge in [0.25, 0.3) is 0 Å². The fraction of sp³-hybridized carbons (Fsp3) is 0.579. The van der Waals surface area contributed by atoms with Crippen molar-refractivity contribution in [2.45, 2.75) is 96.7 Å². The standard InChI is InChI=1S/C38H52F2N4O3/c1-6-44-35(22-31(41-44)18-26-11-12-37(47-7-2)34(40)19-26)27-13-15-43(16-14-27)24-29-21-32(42(5)36(38(45)46)17-25(3)4)23-33(29)28-9-8-10-30(39)20-28/h8-12,19-20,22,25,27,29,32-33,36H,6-7,13-18,21,23-24H2,1-5H3,(H,45,46)/t29?,32?,33?,36-/m1/s1. The average molecular weight is 651 g/mol. The molecule has 47 heavy (non-hydrogen) atoms. The Morgan fingerprint density at radius 1 is 1.09 bits per heavy atom. The first-order valence-electron chi connectivity index (χ1n) is 17.5. The zero-order valence-electron chi connectivity index (χ0n) is 28.7. The van der Waals surface area contributed by atoms with Crippen LogP contribution in [0.2, 0.25) is 0 Å². The highest BCUT2D eigenvalue weighted by Crippen LogP contribution is 2.43. The van der Waals surface area contributed by atoms with E-state index in [1.807, 2.05) is 26.1 Å². The van der Waals surface area contributed by atoms with E-state index in [4.69, 9.17) is 9.84 Å². The Kier molecular flexibility index (Phi) is 11.7. The maximum absolute atomic E-state index is 14.5. The molecule has 5 rings (SSSR count). The Hall–Kier alpha value is -3.30. The summed E-state index contributed by atoms with van der Waals surface area (Å²) in [5, 5.41) is 14.9. The summed E-state index contributed by atoms with van der Waals surface area (Å²) < 4.78 is 36.3. The number of aliphatic carboxylic acids is 1. The monoisotopic (exact) mass is 650 g/mol. The van der Waals surface area contributed by atoms with Gasteiger partial charge in [-0.1, -0.05) is 32.0 Å². The lowest BCUT2D eigenvalue weighted by Gasteiger charge is -2.35. The van der Waals surface area contributed by atoms with Gasteiger partial charge < -0.3 is 14.7 Å². The van der Waals surface area contributed by atoms with E-state index in [0.29, 0.717) is 31.3 Å². The summed E-state index contributed by atoms with van der Waals surface area (Å²) in [6, 6.07) is 13.9. The molecular formula is C38H52F2N4O3. The van der Waals surface area contributed by atoms with E-state index in [-0.39, 0.29) is 35.3 Å². The molecule has 9 heteroatoms. The summed E-state index contributed by atoms with van der Waals surface area (Å²) in [6.07, 6.45) is 4.97. The van der Waals surface area contributed by atoms with E-state index in [2.05, 4.69) is 41.3 Å². The van der Waals surface area contributed by atoms with Gasteiger partial charge in [-0.15, -0.1) is 0 Å². The third-order valence-electron chi connectivity index (χ3n) is 10.3. The van der Waals surface area contributed by atoms with E-state index < -0.39 is 12.0 Å². The van der Waals surface area contributed by atoms with Crippen molar-refractivity contribution in [3.63, 3.8) is 0 Å². The van der Waals surface area contributed by atoms with Crippen molar-refractivity contribution < 1.29 is 23.4 Å². The number of carboxylic acid groups (broad SMARTS) is 1. The maximum Gasteiger partial charge on any atom is 0.320 e. The number of ether oxygens (including phenoxy) is 1. The number of nitrogens with zero attached hydrogens (tertiary/aromatic N) is 4. The van der Waals surface area contributed by atoms with Crippen molar-refractivity contribution in [1.29, 1.82) is 0 Å². The number of benzene rings is 2. The van der Waals surface area contributed by atoms with E-state index in [0.717, 1.165) is 68.7 Å². The van der Waals surface area contributed by atoms with Crippen molar-refractivity contribution in [2.75, 3.05) is 33.3 Å². The first kappa shape index (κ1) is 35.0. The Morgan fingerprint density at radius 2 is 1.85 bits per heavy atom. The highest BCUT2D eigenvalue weighted by Gasteiger charge is 2.41. The molecule has 1 saturated heterocycles. The number of rotatable bonds is 14. The van der Waals surface area contributed by atoms with Gasteiger partial charge in [0.05, 0.1) is 12.3 Å². The van der Waals surface area contributed by atoms with Crippen LogP contribution in [0.4, 0.5) is 8.78 Å². The summed E-state index contributed by atoms with van der Waals surface area (Å²) >= 11 is 0. The lowest BCUT2D eigenvalue weighted by molar-refractivity contribution is -0.144. The van der Waals surface area contributed by atoms with Gasteiger partial charge in [0.2, 0.25) is 0 Å². The molecule has 1 aliphatic heterocycles. The molecule has 1 aromatic heterocycles. The van der Waals surface area contributed by atoms with Crippen molar-refractivity contribution >= 4 is 5.97 Å². The summed E-state index contributed by atoms with van der Waals surface area (Å²) in [5.41, 5.74) is 4.09. The van der Waals surface area contributed by atoms with Crippen LogP contribution < -0.4 is 4.74 Å². The molecule has 7 nitrogen and oxygen atoms in total. The van der Waals surface area contributed by atoms with Gasteiger partial charge in [0.1, 0.15) is 11.9 Å². The van der Waals surface area contributed by atoms with E-state index in [1.165, 1.54) is 11.8 Å². The Bertz CT molecular complexity index is 1490. The topological polar surface area (TPSA) is 70.8 Å². The van der Waals surface area contributed by atoms with Crippen LogP contribution in [0.5, 0.6) is 5.75 Å². The molecule has 2 aromatic carbocycles. The zero-order chi connectivity index (χ0) is 33.7. The fourth-order valence-corrected chi connectivity index (χ4v) is 7.95. The predicted octanol–water partition coefficient (Wildman–Crippen LogP) is 7.34. The molecule has 2 aliphatic rings. The van der Waals surface area contributed by atoms with Crippen LogP contribution in [0.15, 0.2) is 48.5 Å². The number of aryl methyl sites for hydroxylation is 1. The molecular weight excluding hydrogens is 598 g/mol. The maximum atomic E-state index is 14.5. The van der Waals surface area contributed by atoms with Crippen molar-refractivity contribution in [1.82, 2.24) is 19.6 Å². The highest BCUT2D eigenvalue weighted by molar-refractivity contribution is 5.73. The number of carboxylic acids is 1. The molecule has 0 spiro atoms. The molecule has 3 aromatic rings. The van der Waals surface area contributed by atoms with Gasteiger partial charge in [0, 0.05) is 37.2 Å². The first-order valence-corrected chi connectivity index (χ1v) is 17.5. The second kappa shape index (κ2) is 15.7. The van der Waals surface area contributed by atoms with Gasteiger partial charge >= 0.3 is 5.97 Å². The smallest absolute Gasteiger partial charge is 0.320 e. The SMILES string of the molecule is CCOc1ccc(Cc2cc(C3CCN(CC4CC(N(C)[C@H](CC(C)C)C(=O)O)CC4c4cccc(F)c4)CC3)n(CC)n2)cc1F. The molecule has 0 bridgehead atoms. The molecule has 1 saturated carbocycles. The van der Waals surface area contributed by atoms with Crippen LogP contribution in [0.3, 0.4) is 0 Å². The van der Waals surface area contributed by atoms with Crippen LogP contribution >= 0.6 is 0 Å². The minimum absolute atomic E-state index is 0.131. The summed E-state index contributed by atoms with van der Waals surface area (Å²) in [6.45, 7) is 12.2. The lowest BCUT2D eigenvalue weighted by atomic mass is 9.87. The molecule has 2 heterocycles. The van der Waals surface area contributed by atoms with Gasteiger partial charge in [-0.2, -0.15) is 5.10 Å². The number of likely N-dealkylation sites (tertiary alicyclic amines) is 1. The first-order chi connectivity index (χ1) is 22.6. The van der Waals surface area contributed by atoms with Crippen molar-refractivity contribution in [3.05, 3.63) is 82.7 Å². The molecule has 4 atom stereocenters. The molecule has 256 valence electrons. The Labute approximate surface area is 278 Å². The minimum Gasteiger partial charge on any atom is -0.491 e. The molecule has 2 fully saturated rings. The van der Waals surface area contributed by atoms with Crippen LogP contribution in [0.25, 0.3) is 0 Å². The number of likely N-dealkylation sites (N-methyl/N-ethyl adjacent to an activating group) is 1.